The Hall–Kier alpha value is -3.20. The van der Waals surface area contributed by atoms with Gasteiger partial charge in [0.25, 0.3) is 0 Å². The molecule has 0 aliphatic heterocycles. The van der Waals surface area contributed by atoms with Crippen LogP contribution in [0.4, 0.5) is 4.79 Å². The second kappa shape index (κ2) is 9.48. The van der Waals surface area contributed by atoms with Crippen LogP contribution in [0, 0.1) is 11.3 Å². The highest BCUT2D eigenvalue weighted by atomic mass is 16.5. The fourth-order valence-electron chi connectivity index (χ4n) is 2.88. The van der Waals surface area contributed by atoms with Crippen molar-refractivity contribution in [3.05, 3.63) is 59.2 Å². The highest BCUT2D eigenvalue weighted by Gasteiger charge is 2.19. The number of hydrogen-bond donors (Lipinski definition) is 1. The highest BCUT2D eigenvalue weighted by Crippen LogP contribution is 2.27. The first kappa shape index (κ1) is 20.1. The molecule has 6 heteroatoms. The third-order valence-electron chi connectivity index (χ3n) is 4.48. The minimum Gasteiger partial charge on any atom is -0.493 e. The number of carbonyl (C=O) groups is 1. The van der Waals surface area contributed by atoms with Crippen LogP contribution < -0.4 is 14.8 Å². The van der Waals surface area contributed by atoms with Crippen LogP contribution in [0.5, 0.6) is 11.5 Å². The van der Waals surface area contributed by atoms with Gasteiger partial charge >= 0.3 is 6.03 Å². The van der Waals surface area contributed by atoms with Crippen LogP contribution in [0.3, 0.4) is 0 Å². The molecule has 0 aromatic heterocycles. The number of hydrogen-bond acceptors (Lipinski definition) is 4. The third-order valence-corrected chi connectivity index (χ3v) is 4.48. The largest absolute Gasteiger partial charge is 0.493 e. The number of amides is 2. The summed E-state index contributed by atoms with van der Waals surface area (Å²) in [5.41, 5.74) is 2.51. The lowest BCUT2D eigenvalue weighted by Crippen LogP contribution is -2.41. The van der Waals surface area contributed by atoms with Gasteiger partial charge in [-0.3, -0.25) is 0 Å². The molecular weight excluding hydrogens is 342 g/mol. The minimum atomic E-state index is -0.149. The predicted molar refractivity (Wildman–Crippen MR) is 104 cm³/mol. The molecule has 0 radical (unpaired) electrons. The molecule has 2 rings (SSSR count). The zero-order chi connectivity index (χ0) is 19.8. The van der Waals surface area contributed by atoms with Crippen LogP contribution in [-0.4, -0.2) is 31.7 Å². The average Bonchev–Trinajstić information content (AvgIpc) is 2.72. The number of nitrogens with one attached hydrogen (secondary N) is 1. The molecule has 0 saturated heterocycles. The number of nitriles is 1. The Labute approximate surface area is 160 Å². The van der Waals surface area contributed by atoms with Crippen LogP contribution in [0.1, 0.15) is 36.6 Å². The van der Waals surface area contributed by atoms with Crippen LogP contribution in [0.2, 0.25) is 0 Å². The van der Waals surface area contributed by atoms with E-state index in [0.717, 1.165) is 11.1 Å². The van der Waals surface area contributed by atoms with Crippen molar-refractivity contribution in [1.29, 1.82) is 5.26 Å². The van der Waals surface area contributed by atoms with E-state index in [2.05, 4.69) is 11.4 Å². The lowest BCUT2D eigenvalue weighted by atomic mass is 10.1. The van der Waals surface area contributed by atoms with Gasteiger partial charge in [0, 0.05) is 13.1 Å². The van der Waals surface area contributed by atoms with E-state index in [-0.39, 0.29) is 12.1 Å². The van der Waals surface area contributed by atoms with E-state index in [4.69, 9.17) is 14.7 Å². The van der Waals surface area contributed by atoms with Crippen molar-refractivity contribution in [2.75, 3.05) is 20.8 Å². The lowest BCUT2D eigenvalue weighted by molar-refractivity contribution is 0.182. The second-order valence-corrected chi connectivity index (χ2v) is 6.04. The molecule has 1 N–H and O–H groups in total. The fourth-order valence-corrected chi connectivity index (χ4v) is 2.88. The molecule has 0 heterocycles. The first-order chi connectivity index (χ1) is 13.0. The molecule has 0 aliphatic rings. The van der Waals surface area contributed by atoms with Gasteiger partial charge in [-0.25, -0.2) is 4.79 Å². The molecule has 27 heavy (non-hydrogen) atoms. The van der Waals surface area contributed by atoms with E-state index in [0.29, 0.717) is 30.2 Å². The molecule has 2 aromatic carbocycles. The summed E-state index contributed by atoms with van der Waals surface area (Å²) in [7, 11) is 3.17. The zero-order valence-corrected chi connectivity index (χ0v) is 16.2. The van der Waals surface area contributed by atoms with Gasteiger partial charge in [0.2, 0.25) is 0 Å². The Morgan fingerprint density at radius 2 is 1.81 bits per heavy atom. The van der Waals surface area contributed by atoms with Crippen molar-refractivity contribution in [2.45, 2.75) is 26.4 Å². The molecule has 2 aromatic rings. The molecule has 0 saturated carbocycles. The molecule has 0 aliphatic carbocycles. The summed E-state index contributed by atoms with van der Waals surface area (Å²) in [4.78, 5) is 14.4. The van der Waals surface area contributed by atoms with Gasteiger partial charge in [0.15, 0.2) is 11.5 Å². The normalized spacial score (nSPS) is 11.2. The van der Waals surface area contributed by atoms with Gasteiger partial charge in [0.1, 0.15) is 0 Å². The van der Waals surface area contributed by atoms with E-state index >= 15 is 0 Å². The molecular formula is C21H25N3O3. The van der Waals surface area contributed by atoms with Crippen LogP contribution >= 0.6 is 0 Å². The Balaban J connectivity index is 2.05. The van der Waals surface area contributed by atoms with Crippen LogP contribution in [-0.2, 0) is 6.54 Å². The second-order valence-electron chi connectivity index (χ2n) is 6.04. The number of nitrogens with zero attached hydrogens (tertiary/aromatic N) is 2. The Kier molecular flexibility index (Phi) is 7.07. The van der Waals surface area contributed by atoms with E-state index in [1.165, 1.54) is 0 Å². The molecule has 0 unspecified atom stereocenters. The van der Waals surface area contributed by atoms with Gasteiger partial charge in [-0.15, -0.1) is 0 Å². The number of methoxy groups -OCH3 is 2. The van der Waals surface area contributed by atoms with Crippen molar-refractivity contribution in [3.8, 4) is 17.6 Å². The summed E-state index contributed by atoms with van der Waals surface area (Å²) >= 11 is 0. The van der Waals surface area contributed by atoms with Crippen LogP contribution in [0.25, 0.3) is 0 Å². The van der Waals surface area contributed by atoms with Crippen molar-refractivity contribution >= 4 is 6.03 Å². The van der Waals surface area contributed by atoms with Gasteiger partial charge in [-0.05, 0) is 49.2 Å². The van der Waals surface area contributed by atoms with Gasteiger partial charge < -0.3 is 19.7 Å². The lowest BCUT2D eigenvalue weighted by Gasteiger charge is -2.28. The Morgan fingerprint density at radius 1 is 1.15 bits per heavy atom. The summed E-state index contributed by atoms with van der Waals surface area (Å²) in [5, 5.41) is 11.9. The van der Waals surface area contributed by atoms with E-state index in [1.807, 2.05) is 44.2 Å². The minimum absolute atomic E-state index is 0.104. The predicted octanol–water partition coefficient (Wildman–Crippen LogP) is 3.87. The molecule has 0 fully saturated rings. The van der Waals surface area contributed by atoms with Gasteiger partial charge in [-0.2, -0.15) is 5.26 Å². The summed E-state index contributed by atoms with van der Waals surface area (Å²) in [6, 6.07) is 14.7. The summed E-state index contributed by atoms with van der Waals surface area (Å²) in [5.74, 6) is 1.28. The smallest absolute Gasteiger partial charge is 0.318 e. The Bertz CT molecular complexity index is 812. The number of carbonyl (C=O) groups excluding carboxylic acids is 1. The SMILES string of the molecule is CCN(C(=O)NCc1ccc(OC)c(OC)c1)[C@@H](C)c1ccc(C#N)cc1. The Morgan fingerprint density at radius 3 is 2.37 bits per heavy atom. The molecule has 142 valence electrons. The topological polar surface area (TPSA) is 74.6 Å². The quantitative estimate of drug-likeness (QED) is 0.806. The molecule has 6 nitrogen and oxygen atoms in total. The van der Waals surface area contributed by atoms with E-state index in [9.17, 15) is 4.79 Å². The summed E-state index contributed by atoms with van der Waals surface area (Å²) in [6.07, 6.45) is 0. The number of rotatable bonds is 7. The third kappa shape index (κ3) is 4.91. The van der Waals surface area contributed by atoms with Crippen LogP contribution in [0.15, 0.2) is 42.5 Å². The van der Waals surface area contributed by atoms with Gasteiger partial charge in [0.05, 0.1) is 31.9 Å². The first-order valence-corrected chi connectivity index (χ1v) is 8.79. The number of ether oxygens (including phenoxy) is 2. The molecule has 0 spiro atoms. The maximum Gasteiger partial charge on any atom is 0.318 e. The standard InChI is InChI=1S/C21H25N3O3/c1-5-24(15(2)18-9-6-16(13-22)7-10-18)21(25)23-14-17-8-11-19(26-3)20(12-17)27-4/h6-12,15H,5,14H2,1-4H3,(H,23,25)/t15-/m0/s1. The van der Waals surface area contributed by atoms with Crippen molar-refractivity contribution in [2.24, 2.45) is 0 Å². The molecule has 0 bridgehead atoms. The number of benzene rings is 2. The summed E-state index contributed by atoms with van der Waals surface area (Å²) < 4.78 is 10.5. The maximum atomic E-state index is 12.7. The highest BCUT2D eigenvalue weighted by molar-refractivity contribution is 5.74. The van der Waals surface area contributed by atoms with E-state index < -0.39 is 0 Å². The van der Waals surface area contributed by atoms with Crippen molar-refractivity contribution < 1.29 is 14.3 Å². The first-order valence-electron chi connectivity index (χ1n) is 8.79. The zero-order valence-electron chi connectivity index (χ0n) is 16.2. The monoisotopic (exact) mass is 367 g/mol. The molecule has 2 amide bonds. The maximum absolute atomic E-state index is 12.7. The van der Waals surface area contributed by atoms with Crippen molar-refractivity contribution in [3.63, 3.8) is 0 Å². The number of urea groups is 1. The molecule has 1 atom stereocenters. The van der Waals surface area contributed by atoms with E-state index in [1.54, 1.807) is 31.3 Å². The van der Waals surface area contributed by atoms with Gasteiger partial charge in [-0.1, -0.05) is 18.2 Å². The summed E-state index contributed by atoms with van der Waals surface area (Å²) in [6.45, 7) is 4.87. The van der Waals surface area contributed by atoms with Crippen molar-refractivity contribution in [1.82, 2.24) is 10.2 Å². The average molecular weight is 367 g/mol. The fraction of sp³-hybridized carbons (Fsp3) is 0.333.